The molecule has 0 spiro atoms. The minimum atomic E-state index is -2.06. The van der Waals surface area contributed by atoms with Gasteiger partial charge in [-0.2, -0.15) is 0 Å². The van der Waals surface area contributed by atoms with Crippen molar-refractivity contribution in [2.45, 2.75) is 99.0 Å². The maximum atomic E-state index is 13.7. The van der Waals surface area contributed by atoms with E-state index in [1.165, 1.54) is 13.0 Å². The molecule has 0 bridgehead atoms. The minimum absolute atomic E-state index is 0.0801. The smallest absolute Gasteiger partial charge is 0.239 e. The molecule has 15 atom stereocenters. The van der Waals surface area contributed by atoms with Gasteiger partial charge in [-0.3, -0.25) is 4.79 Å². The summed E-state index contributed by atoms with van der Waals surface area (Å²) in [6.45, 7) is 0.0455. The van der Waals surface area contributed by atoms with Crippen LogP contribution in [-0.2, 0) is 23.7 Å². The number of aromatic hydroxyl groups is 4. The van der Waals surface area contributed by atoms with Crippen molar-refractivity contribution in [1.29, 1.82) is 0 Å². The maximum absolute atomic E-state index is 13.7. The Bertz CT molecular complexity index is 1850. The summed E-state index contributed by atoms with van der Waals surface area (Å²) in [5.41, 5.74) is -1.50. The van der Waals surface area contributed by atoms with E-state index in [0.717, 1.165) is 24.3 Å². The first-order chi connectivity index (χ1) is 25.5. The predicted molar refractivity (Wildman–Crippen MR) is 173 cm³/mol. The van der Waals surface area contributed by atoms with Crippen molar-refractivity contribution < 1.29 is 99.2 Å². The standard InChI is InChI=1S/C33H40O21/c1-9-19(38)23(42)26(45)31(50-9)48-7-16-20(39)24(43)27(46)32(52-16)49-8-17-21(40)25(44)28(47)33(53-17)54-30-22(41)18-14(37)5-11(34)6-15(18)51-29(30)10-2-3-12(35)13(36)4-10/h2-6,9,16-17,19-21,23-28,31-40,42-47H,7-8H2,1H3/t9-,16+,17+,19-,20+,21+,23+,24-,25-,26+,27+,28+,31+,32+,33?/m0/s1. The van der Waals surface area contributed by atoms with Gasteiger partial charge in [0.25, 0.3) is 0 Å². The molecule has 21 heteroatoms. The highest BCUT2D eigenvalue weighted by atomic mass is 16.7. The zero-order valence-corrected chi connectivity index (χ0v) is 28.0. The van der Waals surface area contributed by atoms with Gasteiger partial charge in [-0.05, 0) is 25.1 Å². The van der Waals surface area contributed by atoms with E-state index in [9.17, 15) is 71.2 Å². The topological polar surface area (TPSA) is 349 Å². The van der Waals surface area contributed by atoms with Crippen LogP contribution in [-0.4, -0.2) is 172 Å². The monoisotopic (exact) mass is 772 g/mol. The van der Waals surface area contributed by atoms with Crippen LogP contribution in [0.5, 0.6) is 28.7 Å². The Balaban J connectivity index is 1.20. The third-order valence-electron chi connectivity index (χ3n) is 9.38. The van der Waals surface area contributed by atoms with Crippen LogP contribution in [0.2, 0.25) is 0 Å². The molecule has 3 aliphatic rings. The highest BCUT2D eigenvalue weighted by molar-refractivity contribution is 5.88. The largest absolute Gasteiger partial charge is 0.508 e. The molecule has 298 valence electrons. The summed E-state index contributed by atoms with van der Waals surface area (Å²) in [5, 5.41) is 134. The quantitative estimate of drug-likeness (QED) is 0.0925. The number of ether oxygens (including phenoxy) is 6. The number of phenolic OH excluding ortho intramolecular Hbond substituents is 4. The van der Waals surface area contributed by atoms with Gasteiger partial charge in [0.05, 0.1) is 19.3 Å². The van der Waals surface area contributed by atoms with E-state index in [1.807, 2.05) is 0 Å². The molecule has 3 fully saturated rings. The molecule has 4 heterocycles. The van der Waals surface area contributed by atoms with Gasteiger partial charge in [0.15, 0.2) is 29.8 Å². The first kappa shape index (κ1) is 39.8. The molecule has 54 heavy (non-hydrogen) atoms. The second kappa shape index (κ2) is 15.7. The first-order valence-corrected chi connectivity index (χ1v) is 16.5. The summed E-state index contributed by atoms with van der Waals surface area (Å²) in [6, 6.07) is 5.09. The Morgan fingerprint density at radius 3 is 1.72 bits per heavy atom. The van der Waals surface area contributed by atoms with Gasteiger partial charge in [-0.15, -0.1) is 0 Å². The number of rotatable bonds is 9. The predicted octanol–water partition coefficient (Wildman–Crippen LogP) is -3.86. The van der Waals surface area contributed by atoms with Gasteiger partial charge in [-0.25, -0.2) is 0 Å². The van der Waals surface area contributed by atoms with Gasteiger partial charge >= 0.3 is 0 Å². The lowest BCUT2D eigenvalue weighted by atomic mass is 9.98. The van der Waals surface area contributed by atoms with Crippen molar-refractivity contribution in [3.63, 3.8) is 0 Å². The van der Waals surface area contributed by atoms with Crippen LogP contribution in [0.4, 0.5) is 0 Å². The molecule has 0 saturated carbocycles. The highest BCUT2D eigenvalue weighted by Gasteiger charge is 2.49. The van der Waals surface area contributed by atoms with E-state index < -0.39 is 151 Å². The fraction of sp³-hybridized carbons (Fsp3) is 0.545. The lowest BCUT2D eigenvalue weighted by Gasteiger charge is -2.43. The normalized spacial score (nSPS) is 37.3. The Labute approximate surface area is 303 Å². The SMILES string of the molecule is C[C@@H]1O[C@@H](OC[C@H]2O[C@@H](OC[C@H]3OC(Oc4c(-c5ccc(O)c(O)c5)oc5cc(O)cc(O)c5c4=O)[C@H](O)[C@@H](O)[C@@H]3O)[C@H](O)[C@@H](O)[C@@H]2O)[C@H](O)[C@H](O)[C@H]1O. The second-order valence-corrected chi connectivity index (χ2v) is 13.1. The highest BCUT2D eigenvalue weighted by Crippen LogP contribution is 2.39. The van der Waals surface area contributed by atoms with Gasteiger partial charge in [0, 0.05) is 17.7 Å². The van der Waals surface area contributed by atoms with E-state index >= 15 is 0 Å². The molecule has 13 N–H and O–H groups in total. The average molecular weight is 773 g/mol. The number of fused-ring (bicyclic) bond motifs is 1. The summed E-state index contributed by atoms with van der Waals surface area (Å²) < 4.78 is 39.0. The van der Waals surface area contributed by atoms with Crippen molar-refractivity contribution in [2.24, 2.45) is 0 Å². The number of aliphatic hydroxyl groups is 9. The summed E-state index contributed by atoms with van der Waals surface area (Å²) in [5.74, 6) is -3.60. The summed E-state index contributed by atoms with van der Waals surface area (Å²) >= 11 is 0. The van der Waals surface area contributed by atoms with E-state index in [0.29, 0.717) is 0 Å². The Hall–Kier alpha value is -3.91. The van der Waals surface area contributed by atoms with E-state index in [4.69, 9.17) is 32.8 Å². The van der Waals surface area contributed by atoms with Crippen molar-refractivity contribution >= 4 is 11.0 Å². The fourth-order valence-electron chi connectivity index (χ4n) is 6.22. The summed E-state index contributed by atoms with van der Waals surface area (Å²) in [4.78, 5) is 13.7. The Morgan fingerprint density at radius 1 is 0.593 bits per heavy atom. The van der Waals surface area contributed by atoms with E-state index in [2.05, 4.69) is 0 Å². The number of hydrogen-bond donors (Lipinski definition) is 13. The Morgan fingerprint density at radius 2 is 1.13 bits per heavy atom. The van der Waals surface area contributed by atoms with Crippen LogP contribution in [0.25, 0.3) is 22.3 Å². The molecule has 6 rings (SSSR count). The number of aliphatic hydroxyl groups excluding tert-OH is 9. The molecule has 1 unspecified atom stereocenters. The molecule has 3 aromatic rings. The molecular weight excluding hydrogens is 732 g/mol. The van der Waals surface area contributed by atoms with Crippen molar-refractivity contribution in [2.75, 3.05) is 13.2 Å². The minimum Gasteiger partial charge on any atom is -0.508 e. The van der Waals surface area contributed by atoms with Crippen molar-refractivity contribution in [1.82, 2.24) is 0 Å². The van der Waals surface area contributed by atoms with Crippen LogP contribution in [0, 0.1) is 0 Å². The van der Waals surface area contributed by atoms with E-state index in [1.54, 1.807) is 0 Å². The molecule has 1 aromatic heterocycles. The zero-order valence-electron chi connectivity index (χ0n) is 28.0. The van der Waals surface area contributed by atoms with Crippen LogP contribution in [0.1, 0.15) is 6.92 Å². The first-order valence-electron chi connectivity index (χ1n) is 16.5. The average Bonchev–Trinajstić information content (AvgIpc) is 3.13. The molecule has 2 aromatic carbocycles. The molecule has 3 aliphatic heterocycles. The summed E-state index contributed by atoms with van der Waals surface area (Å²) in [6.07, 6.45) is -25.6. The fourth-order valence-corrected chi connectivity index (χ4v) is 6.22. The molecular formula is C33H40O21. The Kier molecular flexibility index (Phi) is 11.5. The molecule has 21 nitrogen and oxygen atoms in total. The lowest BCUT2D eigenvalue weighted by molar-refractivity contribution is -0.337. The van der Waals surface area contributed by atoms with Crippen LogP contribution in [0.15, 0.2) is 39.5 Å². The van der Waals surface area contributed by atoms with E-state index in [-0.39, 0.29) is 11.1 Å². The van der Waals surface area contributed by atoms with Crippen LogP contribution < -0.4 is 10.2 Å². The maximum Gasteiger partial charge on any atom is 0.239 e. The van der Waals surface area contributed by atoms with Gasteiger partial charge in [-0.1, -0.05) is 0 Å². The van der Waals surface area contributed by atoms with Gasteiger partial charge in [0.2, 0.25) is 17.5 Å². The molecule has 3 saturated heterocycles. The van der Waals surface area contributed by atoms with Crippen LogP contribution in [0.3, 0.4) is 0 Å². The molecule has 0 aliphatic carbocycles. The van der Waals surface area contributed by atoms with Crippen molar-refractivity contribution in [3.8, 4) is 40.1 Å². The second-order valence-electron chi connectivity index (χ2n) is 13.1. The third-order valence-corrected chi connectivity index (χ3v) is 9.38. The number of phenols is 4. The summed E-state index contributed by atoms with van der Waals surface area (Å²) in [7, 11) is 0. The number of hydrogen-bond acceptors (Lipinski definition) is 21. The zero-order chi connectivity index (χ0) is 39.3. The van der Waals surface area contributed by atoms with Crippen LogP contribution >= 0.6 is 0 Å². The lowest BCUT2D eigenvalue weighted by Crippen LogP contribution is -2.62. The number of benzene rings is 2. The molecule has 0 amide bonds. The third kappa shape index (κ3) is 7.52. The molecule has 0 radical (unpaired) electrons. The van der Waals surface area contributed by atoms with Gasteiger partial charge in [0.1, 0.15) is 89.6 Å². The van der Waals surface area contributed by atoms with Gasteiger partial charge < -0.3 is 99.2 Å². The van der Waals surface area contributed by atoms with Crippen molar-refractivity contribution in [3.05, 3.63) is 40.6 Å².